The predicted octanol–water partition coefficient (Wildman–Crippen LogP) is -0.208. The summed E-state index contributed by atoms with van der Waals surface area (Å²) in [6.45, 7) is 0.108. The molecule has 1 fully saturated rings. The van der Waals surface area contributed by atoms with Gasteiger partial charge in [0.15, 0.2) is 36.4 Å². The fraction of sp³-hybridized carbons (Fsp3) is 0.227. The van der Waals surface area contributed by atoms with Gasteiger partial charge in [-0.1, -0.05) is 17.1 Å². The van der Waals surface area contributed by atoms with Crippen molar-refractivity contribution in [2.24, 2.45) is 5.16 Å². The number of pyridine rings is 1. The van der Waals surface area contributed by atoms with E-state index in [1.807, 2.05) is 35.2 Å². The highest BCUT2D eigenvalue weighted by Gasteiger charge is 2.54. The second-order valence-corrected chi connectivity index (χ2v) is 9.35. The first-order valence-corrected chi connectivity index (χ1v) is 12.3. The summed E-state index contributed by atoms with van der Waals surface area (Å²) in [6.07, 6.45) is 9.21. The molecule has 4 rings (SSSR count). The average molecular weight is 528 g/mol. The van der Waals surface area contributed by atoms with Gasteiger partial charge in [0.25, 0.3) is 11.8 Å². The number of thioether (sulfide) groups is 1. The lowest BCUT2D eigenvalue weighted by atomic mass is 10.0. The minimum atomic E-state index is -1.22. The van der Waals surface area contributed by atoms with Crippen LogP contribution < -0.4 is 15.2 Å². The molecule has 3 N–H and O–H groups in total. The Morgan fingerprint density at radius 2 is 2.17 bits per heavy atom. The number of thiazole rings is 1. The first-order chi connectivity index (χ1) is 17.4. The van der Waals surface area contributed by atoms with Crippen LogP contribution in [-0.2, 0) is 30.6 Å². The third-order valence-corrected chi connectivity index (χ3v) is 7.25. The molecule has 36 heavy (non-hydrogen) atoms. The maximum Gasteiger partial charge on any atom is 0.352 e. The summed E-state index contributed by atoms with van der Waals surface area (Å²) in [7, 11) is 0. The number of carbonyl (C=O) groups is 4. The van der Waals surface area contributed by atoms with Gasteiger partial charge in [0.05, 0.1) is 0 Å². The Morgan fingerprint density at radius 3 is 2.86 bits per heavy atom. The van der Waals surface area contributed by atoms with E-state index in [1.54, 1.807) is 0 Å². The summed E-state index contributed by atoms with van der Waals surface area (Å²) in [5.41, 5.74) is 0.358. The maximum atomic E-state index is 13.0. The van der Waals surface area contributed by atoms with Crippen LogP contribution in [0.2, 0.25) is 0 Å². The Balaban J connectivity index is 1.53. The van der Waals surface area contributed by atoms with Crippen molar-refractivity contribution in [3.8, 4) is 12.3 Å². The van der Waals surface area contributed by atoms with Gasteiger partial charge >= 0.3 is 5.97 Å². The van der Waals surface area contributed by atoms with Crippen molar-refractivity contribution in [2.45, 2.75) is 18.0 Å². The van der Waals surface area contributed by atoms with Crippen LogP contribution >= 0.6 is 23.1 Å². The number of oxime groups is 1. The number of aromatic nitrogens is 2. The molecule has 2 aliphatic heterocycles. The minimum absolute atomic E-state index is 0.0825. The van der Waals surface area contributed by atoms with Gasteiger partial charge < -0.3 is 20.6 Å². The zero-order chi connectivity index (χ0) is 25.7. The average Bonchev–Trinajstić information content (AvgIpc) is 3.33. The number of nitrogens with zero attached hydrogens (tertiary/aromatic N) is 4. The van der Waals surface area contributed by atoms with Crippen molar-refractivity contribution in [3.05, 3.63) is 52.9 Å². The van der Waals surface area contributed by atoms with Gasteiger partial charge in [0.1, 0.15) is 22.8 Å². The van der Waals surface area contributed by atoms with E-state index in [9.17, 15) is 24.3 Å². The number of carbonyl (C=O) groups excluding carboxylic acids is 3. The van der Waals surface area contributed by atoms with Crippen molar-refractivity contribution in [1.29, 1.82) is 0 Å². The number of carboxylic acid groups (broad SMARTS) is 1. The normalized spacial score (nSPS) is 19.0. The molecule has 3 amide bonds. The third-order valence-electron chi connectivity index (χ3n) is 5.14. The number of aliphatic carboxylic acids is 1. The molecule has 0 spiro atoms. The van der Waals surface area contributed by atoms with E-state index >= 15 is 0 Å². The van der Waals surface area contributed by atoms with Gasteiger partial charge in [-0.2, -0.15) is 0 Å². The molecule has 0 bridgehead atoms. The molecule has 184 valence electrons. The van der Waals surface area contributed by atoms with Crippen LogP contribution in [0.15, 0.2) is 52.4 Å². The van der Waals surface area contributed by atoms with Gasteiger partial charge in [0, 0.05) is 28.8 Å². The molecular formula is C22H19N6O6S2+. The number of nitrogens with one attached hydrogen (secondary N) is 2. The summed E-state index contributed by atoms with van der Waals surface area (Å²) >= 11 is 2.41. The standard InChI is InChI=1S/C22H18N6O6S2/c1-2-8-34-26-15(14-11-36-22(24-14)23-12-29)18(30)25-16-19(31)28-17(21(32)33)13(10-35-20(16)28)9-27-6-4-3-5-7-27/h1,3-7,11-12,16,20H,8-10H2,(H2-,23,24,25,29,30,32,33)/p+1/t16?,20-/m0/s1. The maximum absolute atomic E-state index is 13.0. The molecule has 0 saturated carbocycles. The predicted molar refractivity (Wildman–Crippen MR) is 129 cm³/mol. The van der Waals surface area contributed by atoms with Crippen LogP contribution in [0.1, 0.15) is 5.69 Å². The molecule has 2 aromatic rings. The summed E-state index contributed by atoms with van der Waals surface area (Å²) in [5.74, 6) is 0.0481. The Hall–Kier alpha value is -4.22. The fourth-order valence-corrected chi connectivity index (χ4v) is 5.60. The molecule has 14 heteroatoms. The van der Waals surface area contributed by atoms with E-state index in [0.717, 1.165) is 11.3 Å². The largest absolute Gasteiger partial charge is 0.477 e. The lowest BCUT2D eigenvalue weighted by molar-refractivity contribution is -0.689. The van der Waals surface area contributed by atoms with Crippen molar-refractivity contribution in [3.63, 3.8) is 0 Å². The molecule has 12 nitrogen and oxygen atoms in total. The van der Waals surface area contributed by atoms with E-state index in [0.29, 0.717) is 24.3 Å². The second-order valence-electron chi connectivity index (χ2n) is 7.38. The third kappa shape index (κ3) is 5.07. The lowest BCUT2D eigenvalue weighted by Crippen LogP contribution is -2.71. The Bertz CT molecular complexity index is 1300. The number of anilines is 1. The number of fused-ring (bicyclic) bond motifs is 1. The topological polar surface area (TPSA) is 154 Å². The van der Waals surface area contributed by atoms with Gasteiger partial charge in [-0.3, -0.25) is 19.3 Å². The quantitative estimate of drug-likeness (QED) is 0.0730. The number of rotatable bonds is 10. The van der Waals surface area contributed by atoms with Crippen molar-refractivity contribution in [2.75, 3.05) is 17.7 Å². The van der Waals surface area contributed by atoms with E-state index in [-0.39, 0.29) is 28.8 Å². The summed E-state index contributed by atoms with van der Waals surface area (Å²) < 4.78 is 1.82. The SMILES string of the molecule is C#CCON=C(C(=O)NC1C(=O)N2C(C(=O)O)=C(C[n+]3ccccc3)CS[C@@H]12)c1csc(NC=O)n1. The molecule has 0 aliphatic carbocycles. The highest BCUT2D eigenvalue weighted by molar-refractivity contribution is 8.00. The first kappa shape index (κ1) is 24.9. The smallest absolute Gasteiger partial charge is 0.352 e. The number of carboxylic acids is 1. The molecule has 4 heterocycles. The Kier molecular flexibility index (Phi) is 7.62. The summed E-state index contributed by atoms with van der Waals surface area (Å²) in [4.78, 5) is 59.0. The van der Waals surface area contributed by atoms with Crippen LogP contribution in [0.25, 0.3) is 0 Å². The van der Waals surface area contributed by atoms with Gasteiger partial charge in [-0.25, -0.2) is 14.3 Å². The van der Waals surface area contributed by atoms with Gasteiger partial charge in [-0.15, -0.1) is 29.5 Å². The molecule has 2 aliphatic rings. The minimum Gasteiger partial charge on any atom is -0.477 e. The van der Waals surface area contributed by atoms with Crippen LogP contribution in [0, 0.1) is 12.3 Å². The number of amides is 3. The van der Waals surface area contributed by atoms with E-state index in [2.05, 4.69) is 26.7 Å². The molecule has 1 unspecified atom stereocenters. The van der Waals surface area contributed by atoms with E-state index in [1.165, 1.54) is 22.0 Å². The molecular weight excluding hydrogens is 508 g/mol. The van der Waals surface area contributed by atoms with E-state index < -0.39 is 29.2 Å². The summed E-state index contributed by atoms with van der Waals surface area (Å²) in [6, 6.07) is 4.52. The lowest BCUT2D eigenvalue weighted by Gasteiger charge is -2.49. The number of hydrogen-bond acceptors (Lipinski definition) is 9. The van der Waals surface area contributed by atoms with Crippen LogP contribution in [0.5, 0.6) is 0 Å². The van der Waals surface area contributed by atoms with Gasteiger partial charge in [-0.05, 0) is 0 Å². The van der Waals surface area contributed by atoms with Gasteiger partial charge in [0.2, 0.25) is 6.41 Å². The number of hydrogen-bond donors (Lipinski definition) is 3. The number of terminal acetylenes is 1. The highest BCUT2D eigenvalue weighted by Crippen LogP contribution is 2.40. The van der Waals surface area contributed by atoms with Crippen molar-refractivity contribution in [1.82, 2.24) is 15.2 Å². The first-order valence-electron chi connectivity index (χ1n) is 10.4. The van der Waals surface area contributed by atoms with Crippen molar-refractivity contribution >= 4 is 58.1 Å². The summed E-state index contributed by atoms with van der Waals surface area (Å²) in [5, 5.41) is 19.7. The van der Waals surface area contributed by atoms with Crippen LogP contribution in [0.4, 0.5) is 5.13 Å². The Labute approximate surface area is 213 Å². The highest BCUT2D eigenvalue weighted by atomic mass is 32.2. The zero-order valence-corrected chi connectivity index (χ0v) is 20.1. The molecule has 2 atom stereocenters. The Morgan fingerprint density at radius 1 is 1.39 bits per heavy atom. The zero-order valence-electron chi connectivity index (χ0n) is 18.5. The monoisotopic (exact) mass is 527 g/mol. The number of β-lactam (4-membered cyclic amide) rings is 1. The fourth-order valence-electron chi connectivity index (χ4n) is 3.61. The van der Waals surface area contributed by atoms with E-state index in [4.69, 9.17) is 11.3 Å². The van der Waals surface area contributed by atoms with Crippen LogP contribution in [-0.4, -0.2) is 68.7 Å². The molecule has 1 saturated heterocycles. The molecule has 0 radical (unpaired) electrons. The van der Waals surface area contributed by atoms with Crippen molar-refractivity contribution < 1.29 is 33.7 Å². The molecule has 2 aromatic heterocycles. The molecule has 0 aromatic carbocycles. The second kappa shape index (κ2) is 11.0. The van der Waals surface area contributed by atoms with Crippen LogP contribution in [0.3, 0.4) is 0 Å².